The second kappa shape index (κ2) is 7.19. The Morgan fingerprint density at radius 1 is 1.04 bits per heavy atom. The Balaban J connectivity index is 2.18. The van der Waals surface area contributed by atoms with E-state index in [1.165, 1.54) is 30.5 Å². The molecule has 11 heteroatoms. The Kier molecular flexibility index (Phi) is 5.46. The molecule has 1 N–H and O–H groups in total. The van der Waals surface area contributed by atoms with Crippen LogP contribution in [0, 0.1) is 7.14 Å². The molecule has 0 radical (unpaired) electrons. The first-order valence-electron chi connectivity index (χ1n) is 6.82. The second-order valence-electron chi connectivity index (χ2n) is 4.96. The third-order valence-corrected chi connectivity index (χ3v) is 11.1. The van der Waals surface area contributed by atoms with E-state index >= 15 is 0 Å². The minimum atomic E-state index is -5.76. The number of halogens is 6. The van der Waals surface area contributed by atoms with Crippen LogP contribution in [0.4, 0.5) is 13.2 Å². The van der Waals surface area contributed by atoms with Crippen molar-refractivity contribution < 1.29 is 24.1 Å². The van der Waals surface area contributed by atoms with Crippen LogP contribution >= 0.6 is 43.4 Å². The van der Waals surface area contributed by atoms with Gasteiger partial charge in [0.05, 0.1) is 0 Å². The number of benzene rings is 2. The summed E-state index contributed by atoms with van der Waals surface area (Å²) < 4.78 is 67.2. The van der Waals surface area contributed by atoms with Gasteiger partial charge in [-0.15, -0.1) is 0 Å². The average Bonchev–Trinajstić information content (AvgIpc) is 2.95. The van der Waals surface area contributed by atoms with Crippen LogP contribution in [-0.4, -0.2) is 18.9 Å². The van der Waals surface area contributed by atoms with Gasteiger partial charge < -0.3 is 0 Å². The van der Waals surface area contributed by atoms with E-state index < -0.39 is 35.9 Å². The Bertz CT molecular complexity index is 1060. The van der Waals surface area contributed by atoms with Gasteiger partial charge in [0.2, 0.25) is 0 Å². The first-order chi connectivity index (χ1) is 12.1. The van der Waals surface area contributed by atoms with Gasteiger partial charge in [0.25, 0.3) is 0 Å². The van der Waals surface area contributed by atoms with Crippen molar-refractivity contribution in [3.8, 4) is 0 Å². The van der Waals surface area contributed by atoms with Crippen molar-refractivity contribution in [2.75, 3.05) is 0 Å². The Hall–Kier alpha value is -1.01. The van der Waals surface area contributed by atoms with Crippen molar-refractivity contribution in [1.29, 1.82) is 0 Å². The molecule has 3 aromatic rings. The number of aromatic nitrogens is 1. The van der Waals surface area contributed by atoms with Crippen LogP contribution in [0.15, 0.2) is 48.7 Å². The normalized spacial score (nSPS) is 13.2. The summed E-state index contributed by atoms with van der Waals surface area (Å²) in [5, 5.41) is 0.921. The van der Waals surface area contributed by atoms with Crippen molar-refractivity contribution in [1.82, 2.24) is 4.98 Å². The number of hydrogen-bond acceptors (Lipinski definition) is 3. The molecule has 0 saturated heterocycles. The van der Waals surface area contributed by atoms with Gasteiger partial charge in [0, 0.05) is 0 Å². The topological polar surface area (TPSA) is 59.2 Å². The van der Waals surface area contributed by atoms with E-state index in [2.05, 4.69) is 4.98 Å². The van der Waals surface area contributed by atoms with Gasteiger partial charge in [-0.25, -0.2) is 0 Å². The van der Waals surface area contributed by atoms with E-state index in [-0.39, 0.29) is 10.0 Å². The standard InChI is InChI=1S/C15H9Cl2F3INO3S/c16-11-6-10-13(8-22-14(10)7-12(11)17)21(9-4-2-1-3-5-9)25-26(23,24)15(18,19)20/h1-8,22H. The molecule has 0 atom stereocenters. The molecule has 0 saturated carbocycles. The molecule has 0 spiro atoms. The van der Waals surface area contributed by atoms with Gasteiger partial charge >= 0.3 is 165 Å². The number of fused-ring (bicyclic) bond motifs is 1. The number of rotatable bonds is 4. The first kappa shape index (κ1) is 19.7. The van der Waals surface area contributed by atoms with Gasteiger partial charge in [-0.3, -0.25) is 0 Å². The van der Waals surface area contributed by atoms with E-state index in [1.807, 2.05) is 0 Å². The second-order valence-corrected chi connectivity index (χ2v) is 12.2. The molecule has 1 aromatic heterocycles. The summed E-state index contributed by atoms with van der Waals surface area (Å²) in [7, 11) is -5.76. The van der Waals surface area contributed by atoms with Crippen LogP contribution in [-0.2, 0) is 12.6 Å². The van der Waals surface area contributed by atoms with E-state index in [4.69, 9.17) is 25.7 Å². The van der Waals surface area contributed by atoms with E-state index in [0.717, 1.165) is 0 Å². The average molecular weight is 538 g/mol. The molecule has 0 unspecified atom stereocenters. The molecule has 1 heterocycles. The predicted molar refractivity (Wildman–Crippen MR) is 102 cm³/mol. The molecule has 3 rings (SSSR count). The summed E-state index contributed by atoms with van der Waals surface area (Å²) in [5.41, 5.74) is -4.99. The van der Waals surface area contributed by atoms with Crippen molar-refractivity contribution in [2.45, 2.75) is 5.51 Å². The summed E-state index contributed by atoms with van der Waals surface area (Å²) in [4.78, 5) is 2.87. The predicted octanol–water partition coefficient (Wildman–Crippen LogP) is 5.80. The summed E-state index contributed by atoms with van der Waals surface area (Å²) >= 11 is 8.47. The Morgan fingerprint density at radius 2 is 1.65 bits per heavy atom. The Morgan fingerprint density at radius 3 is 2.27 bits per heavy atom. The van der Waals surface area contributed by atoms with Crippen LogP contribution in [0.5, 0.6) is 0 Å². The van der Waals surface area contributed by atoms with Crippen molar-refractivity contribution in [2.24, 2.45) is 0 Å². The van der Waals surface area contributed by atoms with Crippen LogP contribution < -0.4 is 0 Å². The molecule has 0 fully saturated rings. The maximum absolute atomic E-state index is 12.8. The molecule has 26 heavy (non-hydrogen) atoms. The van der Waals surface area contributed by atoms with Crippen LogP contribution in [0.3, 0.4) is 0 Å². The zero-order valence-electron chi connectivity index (χ0n) is 12.5. The van der Waals surface area contributed by atoms with Gasteiger partial charge in [0.1, 0.15) is 0 Å². The van der Waals surface area contributed by atoms with Gasteiger partial charge in [-0.2, -0.15) is 0 Å². The molecule has 0 aliphatic rings. The fraction of sp³-hybridized carbons (Fsp3) is 0.0667. The third kappa shape index (κ3) is 3.81. The summed E-state index contributed by atoms with van der Waals surface area (Å²) in [5.74, 6) is 0. The number of nitrogens with one attached hydrogen (secondary N) is 1. The molecular weight excluding hydrogens is 529 g/mol. The molecular formula is C15H9Cl2F3INO3S. The van der Waals surface area contributed by atoms with E-state index in [0.29, 0.717) is 18.0 Å². The fourth-order valence-corrected chi connectivity index (χ4v) is 9.15. The molecule has 4 nitrogen and oxygen atoms in total. The fourth-order valence-electron chi connectivity index (χ4n) is 2.06. The Labute approximate surface area is 164 Å². The monoisotopic (exact) mass is 537 g/mol. The number of alkyl halides is 3. The number of hydrogen-bond donors (Lipinski definition) is 1. The number of aromatic amines is 1. The summed E-state index contributed by atoms with van der Waals surface area (Å²) in [6, 6.07) is 10.9. The minimum absolute atomic E-state index is 0.197. The third-order valence-electron chi connectivity index (χ3n) is 3.22. The van der Waals surface area contributed by atoms with E-state index in [9.17, 15) is 21.6 Å². The van der Waals surface area contributed by atoms with Gasteiger partial charge in [-0.1, -0.05) is 0 Å². The number of H-pyrrole nitrogens is 1. The van der Waals surface area contributed by atoms with Crippen LogP contribution in [0.25, 0.3) is 10.9 Å². The zero-order valence-corrected chi connectivity index (χ0v) is 17.0. The quantitative estimate of drug-likeness (QED) is 0.338. The van der Waals surface area contributed by atoms with Gasteiger partial charge in [-0.05, 0) is 0 Å². The molecule has 0 bridgehead atoms. The SMILES string of the molecule is O=S(=O)(OI(c1ccccc1)c1c[nH]c2cc(Cl)c(Cl)cc12)C(F)(F)F. The van der Waals surface area contributed by atoms with Crippen LogP contribution in [0.2, 0.25) is 10.0 Å². The van der Waals surface area contributed by atoms with Crippen LogP contribution in [0.1, 0.15) is 0 Å². The summed E-state index contributed by atoms with van der Waals surface area (Å²) in [6.07, 6.45) is 1.43. The van der Waals surface area contributed by atoms with Crippen molar-refractivity contribution in [3.05, 3.63) is 65.8 Å². The molecule has 140 valence electrons. The molecule has 0 aliphatic heterocycles. The molecule has 0 aliphatic carbocycles. The molecule has 2 aromatic carbocycles. The van der Waals surface area contributed by atoms with Gasteiger partial charge in [0.15, 0.2) is 0 Å². The first-order valence-corrected chi connectivity index (χ1v) is 12.0. The van der Waals surface area contributed by atoms with Crippen molar-refractivity contribution >= 4 is 64.5 Å². The van der Waals surface area contributed by atoms with E-state index in [1.54, 1.807) is 18.2 Å². The van der Waals surface area contributed by atoms with Crippen molar-refractivity contribution in [3.63, 3.8) is 0 Å². The zero-order chi connectivity index (χ0) is 19.1. The maximum atomic E-state index is 12.8. The molecule has 0 amide bonds. The summed E-state index contributed by atoms with van der Waals surface area (Å²) in [6.45, 7) is 0.